The molecule has 0 saturated heterocycles. The zero-order chi connectivity index (χ0) is 38.9. The van der Waals surface area contributed by atoms with E-state index in [0.29, 0.717) is 59.3 Å². The van der Waals surface area contributed by atoms with Crippen LogP contribution in [0.25, 0.3) is 21.3 Å². The Kier molecular flexibility index (Phi) is 9.03. The van der Waals surface area contributed by atoms with Gasteiger partial charge in [0.05, 0.1) is 15.6 Å². The predicted molar refractivity (Wildman–Crippen MR) is 222 cm³/mol. The summed E-state index contributed by atoms with van der Waals surface area (Å²) in [5.74, 6) is 2.17. The summed E-state index contributed by atoms with van der Waals surface area (Å²) in [6, 6.07) is 23.6. The Morgan fingerprint density at radius 3 is 2.30 bits per heavy atom. The SMILES string of the molecule is Cc1c(-c2ccc(N3CCc4cccc(C(=O)Nc5nc6ccccc6s5)c4C3)nc2C(=O)OC(C)(C)C)cccc1N(C)C(=O)C12CC3CC(CC(C3)C1)C2. The van der Waals surface area contributed by atoms with Crippen LogP contribution in [0.15, 0.2) is 72.8 Å². The Bertz CT molecular complexity index is 2330. The summed E-state index contributed by atoms with van der Waals surface area (Å²) in [6.45, 7) is 8.71. The number of benzene rings is 3. The van der Waals surface area contributed by atoms with E-state index < -0.39 is 11.6 Å². The van der Waals surface area contributed by atoms with E-state index in [4.69, 9.17) is 9.72 Å². The van der Waals surface area contributed by atoms with Gasteiger partial charge in [-0.2, -0.15) is 0 Å². The number of rotatable bonds is 7. The van der Waals surface area contributed by atoms with Crippen molar-refractivity contribution in [1.82, 2.24) is 9.97 Å². The molecule has 0 radical (unpaired) electrons. The van der Waals surface area contributed by atoms with E-state index in [1.165, 1.54) is 30.6 Å². The molecule has 4 saturated carbocycles. The van der Waals surface area contributed by atoms with Crippen molar-refractivity contribution in [2.75, 3.05) is 28.7 Å². The van der Waals surface area contributed by atoms with E-state index in [1.54, 1.807) is 0 Å². The molecule has 10 heteroatoms. The number of hydrogen-bond donors (Lipinski definition) is 1. The molecule has 4 fully saturated rings. The smallest absolute Gasteiger partial charge is 0.358 e. The molecule has 0 atom stereocenters. The second-order valence-corrected chi connectivity index (χ2v) is 18.7. The molecule has 0 spiro atoms. The number of para-hydroxylation sites is 1. The molecule has 5 aliphatic rings. The van der Waals surface area contributed by atoms with Crippen molar-refractivity contribution in [2.45, 2.75) is 84.8 Å². The lowest BCUT2D eigenvalue weighted by Crippen LogP contribution is -2.54. The van der Waals surface area contributed by atoms with Crippen LogP contribution in [0.5, 0.6) is 0 Å². The number of ether oxygens (including phenoxy) is 1. The highest BCUT2D eigenvalue weighted by Crippen LogP contribution is 2.60. The number of anilines is 3. The molecule has 2 aromatic heterocycles. The zero-order valence-electron chi connectivity index (χ0n) is 32.9. The lowest BCUT2D eigenvalue weighted by atomic mass is 9.49. The van der Waals surface area contributed by atoms with Gasteiger partial charge in [0.25, 0.3) is 5.91 Å². The van der Waals surface area contributed by atoms with Crippen LogP contribution in [0.3, 0.4) is 0 Å². The third-order valence-electron chi connectivity index (χ3n) is 12.6. The van der Waals surface area contributed by atoms with Gasteiger partial charge >= 0.3 is 5.97 Å². The Morgan fingerprint density at radius 1 is 0.875 bits per heavy atom. The number of nitrogens with zero attached hydrogens (tertiary/aromatic N) is 4. The molecule has 3 heterocycles. The molecule has 9 nitrogen and oxygen atoms in total. The first kappa shape index (κ1) is 36.5. The summed E-state index contributed by atoms with van der Waals surface area (Å²) in [7, 11) is 1.92. The van der Waals surface area contributed by atoms with Gasteiger partial charge in [-0.25, -0.2) is 14.8 Å². The van der Waals surface area contributed by atoms with Crippen LogP contribution in [0.2, 0.25) is 0 Å². The second-order valence-electron chi connectivity index (χ2n) is 17.6. The minimum atomic E-state index is -0.733. The van der Waals surface area contributed by atoms with E-state index >= 15 is 0 Å². The summed E-state index contributed by atoms with van der Waals surface area (Å²) >= 11 is 1.45. The number of thiazole rings is 1. The van der Waals surface area contributed by atoms with E-state index in [-0.39, 0.29) is 22.9 Å². The first-order chi connectivity index (χ1) is 26.8. The van der Waals surface area contributed by atoms with Gasteiger partial charge in [0.15, 0.2) is 10.8 Å². The highest BCUT2D eigenvalue weighted by Gasteiger charge is 2.55. The highest BCUT2D eigenvalue weighted by atomic mass is 32.1. The highest BCUT2D eigenvalue weighted by molar-refractivity contribution is 7.22. The fourth-order valence-electron chi connectivity index (χ4n) is 10.5. The molecule has 1 N–H and O–H groups in total. The molecule has 5 aromatic rings. The Balaban J connectivity index is 1.02. The van der Waals surface area contributed by atoms with Gasteiger partial charge in [0, 0.05) is 37.0 Å². The van der Waals surface area contributed by atoms with E-state index in [2.05, 4.69) is 21.3 Å². The van der Waals surface area contributed by atoms with Gasteiger partial charge in [-0.1, -0.05) is 47.7 Å². The third kappa shape index (κ3) is 6.65. The summed E-state index contributed by atoms with van der Waals surface area (Å²) < 4.78 is 6.98. The van der Waals surface area contributed by atoms with Crippen molar-refractivity contribution < 1.29 is 19.1 Å². The Labute approximate surface area is 332 Å². The van der Waals surface area contributed by atoms with Gasteiger partial charge in [-0.15, -0.1) is 0 Å². The van der Waals surface area contributed by atoms with E-state index in [1.807, 2.05) is 106 Å². The number of hydrogen-bond acceptors (Lipinski definition) is 8. The van der Waals surface area contributed by atoms with Gasteiger partial charge in [0.1, 0.15) is 11.4 Å². The third-order valence-corrected chi connectivity index (χ3v) is 13.5. The molecule has 1 aliphatic heterocycles. The van der Waals surface area contributed by atoms with Crippen molar-refractivity contribution in [3.63, 3.8) is 0 Å². The number of pyridine rings is 1. The summed E-state index contributed by atoms with van der Waals surface area (Å²) in [4.78, 5) is 55.9. The maximum Gasteiger partial charge on any atom is 0.358 e. The van der Waals surface area contributed by atoms with Crippen LogP contribution >= 0.6 is 11.3 Å². The number of carbonyl (C=O) groups is 3. The fourth-order valence-corrected chi connectivity index (χ4v) is 11.4. The monoisotopic (exact) mass is 767 g/mol. The molecular formula is C46H49N5O4S. The lowest BCUT2D eigenvalue weighted by Gasteiger charge is -2.56. The number of nitrogens with one attached hydrogen (secondary N) is 1. The van der Waals surface area contributed by atoms with E-state index in [9.17, 15) is 14.4 Å². The van der Waals surface area contributed by atoms with Gasteiger partial charge in [-0.05, 0) is 149 Å². The maximum absolute atomic E-state index is 14.4. The second kappa shape index (κ2) is 13.8. The number of carbonyl (C=O) groups excluding carboxylic acids is 3. The summed E-state index contributed by atoms with van der Waals surface area (Å²) in [6.07, 6.45) is 7.59. The van der Waals surface area contributed by atoms with Crippen LogP contribution < -0.4 is 15.1 Å². The van der Waals surface area contributed by atoms with Crippen LogP contribution in [-0.2, 0) is 22.5 Å². The number of amides is 2. The zero-order valence-corrected chi connectivity index (χ0v) is 33.7. The molecular weight excluding hydrogens is 719 g/mol. The minimum Gasteiger partial charge on any atom is -0.455 e. The average molecular weight is 768 g/mol. The summed E-state index contributed by atoms with van der Waals surface area (Å²) in [5, 5.41) is 3.59. The summed E-state index contributed by atoms with van der Waals surface area (Å²) in [5.41, 5.74) is 5.98. The molecule has 56 heavy (non-hydrogen) atoms. The average Bonchev–Trinajstić information content (AvgIpc) is 3.58. The van der Waals surface area contributed by atoms with E-state index in [0.717, 1.165) is 57.4 Å². The van der Waals surface area contributed by atoms with Crippen molar-refractivity contribution in [2.24, 2.45) is 23.2 Å². The molecule has 4 bridgehead atoms. The molecule has 4 aliphatic carbocycles. The van der Waals surface area contributed by atoms with Crippen LogP contribution in [0, 0.1) is 30.1 Å². The van der Waals surface area contributed by atoms with Crippen molar-refractivity contribution in [3.05, 3.63) is 101 Å². The normalized spacial score (nSPS) is 22.5. The van der Waals surface area contributed by atoms with Gasteiger partial charge in [0.2, 0.25) is 5.91 Å². The number of fused-ring (bicyclic) bond motifs is 2. The van der Waals surface area contributed by atoms with Crippen molar-refractivity contribution in [1.29, 1.82) is 0 Å². The maximum atomic E-state index is 14.4. The van der Waals surface area contributed by atoms with Gasteiger partial charge in [-0.3, -0.25) is 14.9 Å². The quantitative estimate of drug-likeness (QED) is 0.165. The molecule has 10 rings (SSSR count). The number of aromatic nitrogens is 2. The Hall–Kier alpha value is -5.09. The van der Waals surface area contributed by atoms with Crippen LogP contribution in [0.4, 0.5) is 16.6 Å². The molecule has 3 aromatic carbocycles. The largest absolute Gasteiger partial charge is 0.455 e. The van der Waals surface area contributed by atoms with Crippen molar-refractivity contribution >= 4 is 56.0 Å². The van der Waals surface area contributed by atoms with Crippen LogP contribution in [0.1, 0.15) is 96.8 Å². The molecule has 0 unspecified atom stereocenters. The lowest BCUT2D eigenvalue weighted by molar-refractivity contribution is -0.143. The number of esters is 1. The predicted octanol–water partition coefficient (Wildman–Crippen LogP) is 9.62. The fraction of sp³-hybridized carbons (Fsp3) is 0.413. The molecule has 288 valence electrons. The topological polar surface area (TPSA) is 105 Å². The Morgan fingerprint density at radius 2 is 1.59 bits per heavy atom. The first-order valence-electron chi connectivity index (χ1n) is 20.0. The van der Waals surface area contributed by atoms with Gasteiger partial charge < -0.3 is 14.5 Å². The van der Waals surface area contributed by atoms with Crippen molar-refractivity contribution in [3.8, 4) is 11.1 Å². The first-order valence-corrected chi connectivity index (χ1v) is 20.8. The minimum absolute atomic E-state index is 0.206. The molecule has 2 amide bonds. The standard InChI is InChI=1S/C46H49N5O4S/c1-27-32(11-9-14-37(27)50(5)43(54)46-23-28-20-29(24-46)22-30(21-28)25-46)33-16-17-39(48-40(33)42(53)55-45(2,3)4)51-19-18-31-10-8-12-34(35(31)26-51)41(52)49-44-47-36-13-6-7-15-38(36)56-44/h6-17,28-30H,18-26H2,1-5H3,(H,47,49,52). The van der Waals surface area contributed by atoms with Crippen LogP contribution in [-0.4, -0.2) is 46.9 Å².